The molecule has 0 unspecified atom stereocenters. The van der Waals surface area contributed by atoms with Gasteiger partial charge in [-0.25, -0.2) is 9.59 Å². The van der Waals surface area contributed by atoms with E-state index in [0.29, 0.717) is 11.3 Å². The molecular formula is C12H15NO5. The second-order valence-electron chi connectivity index (χ2n) is 3.34. The molecule has 0 spiro atoms. The molecule has 0 heterocycles. The molecule has 0 radical (unpaired) electrons. The molecule has 0 aliphatic heterocycles. The van der Waals surface area contributed by atoms with Crippen LogP contribution in [0.2, 0.25) is 0 Å². The summed E-state index contributed by atoms with van der Waals surface area (Å²) in [7, 11) is 1.28. The summed E-state index contributed by atoms with van der Waals surface area (Å²) in [5.41, 5.74) is 6.28. The Kier molecular flexibility index (Phi) is 4.98. The van der Waals surface area contributed by atoms with Gasteiger partial charge in [-0.15, -0.1) is 0 Å². The molecule has 6 heteroatoms. The first kappa shape index (κ1) is 13.8. The molecule has 0 amide bonds. The number of hydrogen-bond acceptors (Lipinski definition) is 6. The molecule has 0 saturated heterocycles. The topological polar surface area (TPSA) is 87.8 Å². The highest BCUT2D eigenvalue weighted by atomic mass is 16.6. The van der Waals surface area contributed by atoms with Crippen molar-refractivity contribution in [3.05, 3.63) is 23.8 Å². The smallest absolute Gasteiger partial charge is 0.344 e. The zero-order chi connectivity index (χ0) is 13.5. The van der Waals surface area contributed by atoms with Crippen molar-refractivity contribution in [2.75, 3.05) is 26.1 Å². The first-order valence-corrected chi connectivity index (χ1v) is 5.34. The van der Waals surface area contributed by atoms with E-state index in [1.165, 1.54) is 25.3 Å². The lowest BCUT2D eigenvalue weighted by atomic mass is 10.2. The minimum atomic E-state index is -0.504. The number of ether oxygens (including phenoxy) is 3. The number of nitrogens with two attached hydrogens (primary N) is 1. The summed E-state index contributed by atoms with van der Waals surface area (Å²) in [5, 5.41) is 0. The van der Waals surface area contributed by atoms with Gasteiger partial charge in [-0.3, -0.25) is 0 Å². The fourth-order valence-electron chi connectivity index (χ4n) is 1.24. The Morgan fingerprint density at radius 3 is 2.67 bits per heavy atom. The van der Waals surface area contributed by atoms with Gasteiger partial charge in [0.25, 0.3) is 0 Å². The van der Waals surface area contributed by atoms with E-state index in [1.54, 1.807) is 6.92 Å². The highest BCUT2D eigenvalue weighted by Crippen LogP contribution is 2.23. The molecule has 0 aliphatic carbocycles. The number of carbonyl (C=O) groups excluding carboxylic acids is 2. The Bertz CT molecular complexity index is 444. The summed E-state index contributed by atoms with van der Waals surface area (Å²) in [5.74, 6) is -0.762. The quantitative estimate of drug-likeness (QED) is 0.622. The zero-order valence-corrected chi connectivity index (χ0v) is 10.3. The lowest BCUT2D eigenvalue weighted by Gasteiger charge is -2.09. The van der Waals surface area contributed by atoms with Crippen molar-refractivity contribution in [1.29, 1.82) is 0 Å². The Morgan fingerprint density at radius 2 is 2.06 bits per heavy atom. The van der Waals surface area contributed by atoms with Crippen LogP contribution in [0.5, 0.6) is 5.75 Å². The molecule has 0 saturated carbocycles. The predicted octanol–water partition coefficient (Wildman–Crippen LogP) is 0.997. The van der Waals surface area contributed by atoms with Crippen LogP contribution in [-0.4, -0.2) is 32.3 Å². The Labute approximate surface area is 105 Å². The number of rotatable bonds is 5. The van der Waals surface area contributed by atoms with E-state index in [2.05, 4.69) is 4.74 Å². The van der Waals surface area contributed by atoms with Crippen molar-refractivity contribution >= 4 is 17.6 Å². The molecular weight excluding hydrogens is 238 g/mol. The first-order valence-electron chi connectivity index (χ1n) is 5.34. The minimum absolute atomic E-state index is 0.242. The predicted molar refractivity (Wildman–Crippen MR) is 64.3 cm³/mol. The summed E-state index contributed by atoms with van der Waals surface area (Å²) in [6, 6.07) is 4.44. The average Bonchev–Trinajstić information content (AvgIpc) is 2.37. The second-order valence-corrected chi connectivity index (χ2v) is 3.34. The van der Waals surface area contributed by atoms with Crippen LogP contribution in [0.15, 0.2) is 18.2 Å². The molecule has 0 aliphatic rings. The molecule has 1 rings (SSSR count). The van der Waals surface area contributed by atoms with E-state index in [4.69, 9.17) is 15.2 Å². The largest absolute Gasteiger partial charge is 0.480 e. The van der Waals surface area contributed by atoms with E-state index in [1.807, 2.05) is 0 Å². The summed E-state index contributed by atoms with van der Waals surface area (Å²) in [4.78, 5) is 22.4. The number of methoxy groups -OCH3 is 1. The van der Waals surface area contributed by atoms with Gasteiger partial charge in [-0.05, 0) is 25.1 Å². The Morgan fingerprint density at radius 1 is 1.33 bits per heavy atom. The third-order valence-corrected chi connectivity index (χ3v) is 2.09. The zero-order valence-electron chi connectivity index (χ0n) is 10.3. The fourth-order valence-corrected chi connectivity index (χ4v) is 1.24. The van der Waals surface area contributed by atoms with Gasteiger partial charge in [0.1, 0.15) is 5.75 Å². The fraction of sp³-hybridized carbons (Fsp3) is 0.333. The van der Waals surface area contributed by atoms with E-state index >= 15 is 0 Å². The maximum Gasteiger partial charge on any atom is 0.344 e. The van der Waals surface area contributed by atoms with Crippen LogP contribution in [0, 0.1) is 0 Å². The van der Waals surface area contributed by atoms with Crippen molar-refractivity contribution < 1.29 is 23.8 Å². The van der Waals surface area contributed by atoms with Gasteiger partial charge < -0.3 is 19.9 Å². The molecule has 1 aromatic carbocycles. The monoisotopic (exact) mass is 253 g/mol. The van der Waals surface area contributed by atoms with E-state index < -0.39 is 11.9 Å². The SMILES string of the molecule is CCOC(=O)COc1cc(C(=O)OC)ccc1N. The Balaban J connectivity index is 2.75. The van der Waals surface area contributed by atoms with Gasteiger partial charge in [0.2, 0.25) is 0 Å². The van der Waals surface area contributed by atoms with Gasteiger partial charge >= 0.3 is 11.9 Å². The summed E-state index contributed by atoms with van der Waals surface area (Å²) in [6.45, 7) is 1.71. The molecule has 0 atom stereocenters. The highest BCUT2D eigenvalue weighted by molar-refractivity contribution is 5.90. The van der Waals surface area contributed by atoms with Gasteiger partial charge in [-0.2, -0.15) is 0 Å². The first-order chi connectivity index (χ1) is 8.58. The lowest BCUT2D eigenvalue weighted by Crippen LogP contribution is -2.15. The third-order valence-electron chi connectivity index (χ3n) is 2.09. The average molecular weight is 253 g/mol. The molecule has 0 fully saturated rings. The van der Waals surface area contributed by atoms with E-state index in [9.17, 15) is 9.59 Å². The van der Waals surface area contributed by atoms with Gasteiger partial charge in [-0.1, -0.05) is 0 Å². The summed E-state index contributed by atoms with van der Waals surface area (Å²) in [6.07, 6.45) is 0. The van der Waals surface area contributed by atoms with Gasteiger partial charge in [0.05, 0.1) is 25.0 Å². The second kappa shape index (κ2) is 6.48. The summed E-state index contributed by atoms with van der Waals surface area (Å²) >= 11 is 0. The van der Waals surface area contributed by atoms with Crippen molar-refractivity contribution in [3.63, 3.8) is 0 Å². The van der Waals surface area contributed by atoms with Gasteiger partial charge in [0.15, 0.2) is 6.61 Å². The van der Waals surface area contributed by atoms with Crippen molar-refractivity contribution in [3.8, 4) is 5.75 Å². The number of hydrogen-bond donors (Lipinski definition) is 1. The molecule has 0 bridgehead atoms. The van der Waals surface area contributed by atoms with Crippen LogP contribution >= 0.6 is 0 Å². The molecule has 6 nitrogen and oxygen atoms in total. The highest BCUT2D eigenvalue weighted by Gasteiger charge is 2.11. The van der Waals surface area contributed by atoms with Crippen LogP contribution in [0.4, 0.5) is 5.69 Å². The number of nitrogen functional groups attached to an aromatic ring is 1. The maximum atomic E-state index is 11.3. The normalized spacial score (nSPS) is 9.67. The number of esters is 2. The standard InChI is InChI=1S/C12H15NO5/c1-3-17-11(14)7-18-10-6-8(12(15)16-2)4-5-9(10)13/h4-6H,3,7,13H2,1-2H3. The molecule has 2 N–H and O–H groups in total. The number of carbonyl (C=O) groups is 2. The number of anilines is 1. The molecule has 18 heavy (non-hydrogen) atoms. The Hall–Kier alpha value is -2.24. The van der Waals surface area contributed by atoms with Crippen LogP contribution in [0.1, 0.15) is 17.3 Å². The van der Waals surface area contributed by atoms with Crippen LogP contribution in [0.3, 0.4) is 0 Å². The van der Waals surface area contributed by atoms with Crippen LogP contribution in [0.25, 0.3) is 0 Å². The van der Waals surface area contributed by atoms with Crippen LogP contribution in [-0.2, 0) is 14.3 Å². The van der Waals surface area contributed by atoms with E-state index in [-0.39, 0.29) is 19.0 Å². The molecule has 98 valence electrons. The van der Waals surface area contributed by atoms with E-state index in [0.717, 1.165) is 0 Å². The lowest BCUT2D eigenvalue weighted by molar-refractivity contribution is -0.145. The summed E-state index contributed by atoms with van der Waals surface area (Å²) < 4.78 is 14.5. The molecule has 1 aromatic rings. The maximum absolute atomic E-state index is 11.3. The van der Waals surface area contributed by atoms with Crippen LogP contribution < -0.4 is 10.5 Å². The minimum Gasteiger partial charge on any atom is -0.480 e. The van der Waals surface area contributed by atoms with Crippen molar-refractivity contribution in [2.24, 2.45) is 0 Å². The van der Waals surface area contributed by atoms with Gasteiger partial charge in [0, 0.05) is 0 Å². The third kappa shape index (κ3) is 3.65. The number of benzene rings is 1. The molecule has 0 aromatic heterocycles. The van der Waals surface area contributed by atoms with Crippen molar-refractivity contribution in [2.45, 2.75) is 6.92 Å². The van der Waals surface area contributed by atoms with Crippen molar-refractivity contribution in [1.82, 2.24) is 0 Å².